The van der Waals surface area contributed by atoms with Crippen LogP contribution >= 0.6 is 0 Å². The highest BCUT2D eigenvalue weighted by atomic mass is 14.9. The van der Waals surface area contributed by atoms with Gasteiger partial charge in [-0.15, -0.1) is 0 Å². The van der Waals surface area contributed by atoms with Crippen molar-refractivity contribution in [2.45, 2.75) is 32.7 Å². The Bertz CT molecular complexity index is 369. The molecule has 1 aliphatic carbocycles. The maximum absolute atomic E-state index is 5.94. The second-order valence-electron chi connectivity index (χ2n) is 4.86. The molecule has 0 aromatic carbocycles. The van der Waals surface area contributed by atoms with Crippen molar-refractivity contribution in [2.75, 3.05) is 12.8 Å². The molecule has 15 heavy (non-hydrogen) atoms. The first-order chi connectivity index (χ1) is 7.07. The van der Waals surface area contributed by atoms with Gasteiger partial charge in [0.2, 0.25) is 0 Å². The summed E-state index contributed by atoms with van der Waals surface area (Å²) in [5, 5.41) is 3.37. The van der Waals surface area contributed by atoms with E-state index in [0.717, 1.165) is 5.56 Å². The van der Waals surface area contributed by atoms with E-state index >= 15 is 0 Å². The lowest BCUT2D eigenvalue weighted by Gasteiger charge is -2.24. The SMILES string of the molecule is CNC(c1cc(C)cnc1N)C1(C)CC1. The van der Waals surface area contributed by atoms with Gasteiger partial charge in [-0.2, -0.15) is 0 Å². The zero-order valence-electron chi connectivity index (χ0n) is 9.67. The minimum absolute atomic E-state index is 0.338. The molecule has 0 bridgehead atoms. The molecule has 3 N–H and O–H groups in total. The maximum Gasteiger partial charge on any atom is 0.128 e. The van der Waals surface area contributed by atoms with Gasteiger partial charge in [0.15, 0.2) is 0 Å². The molecule has 82 valence electrons. The third-order valence-corrected chi connectivity index (χ3v) is 3.42. The topological polar surface area (TPSA) is 50.9 Å². The Morgan fingerprint density at radius 2 is 2.20 bits per heavy atom. The van der Waals surface area contributed by atoms with Crippen molar-refractivity contribution < 1.29 is 0 Å². The minimum atomic E-state index is 0.338. The summed E-state index contributed by atoms with van der Waals surface area (Å²) >= 11 is 0. The second kappa shape index (κ2) is 3.49. The van der Waals surface area contributed by atoms with Gasteiger partial charge in [-0.1, -0.05) is 6.92 Å². The molecule has 1 unspecified atom stereocenters. The van der Waals surface area contributed by atoms with Crippen LogP contribution in [0.5, 0.6) is 0 Å². The number of nitrogens with two attached hydrogens (primary N) is 1. The van der Waals surface area contributed by atoms with Gasteiger partial charge < -0.3 is 11.1 Å². The van der Waals surface area contributed by atoms with Crippen molar-refractivity contribution in [1.82, 2.24) is 10.3 Å². The molecule has 0 radical (unpaired) electrons. The summed E-state index contributed by atoms with van der Waals surface area (Å²) in [6.45, 7) is 4.35. The number of aromatic nitrogens is 1. The Balaban J connectivity index is 2.37. The van der Waals surface area contributed by atoms with Crippen LogP contribution < -0.4 is 11.1 Å². The molecule has 1 atom stereocenters. The highest BCUT2D eigenvalue weighted by Crippen LogP contribution is 2.54. The number of nitrogens with zero attached hydrogens (tertiary/aromatic N) is 1. The van der Waals surface area contributed by atoms with Crippen molar-refractivity contribution in [3.63, 3.8) is 0 Å². The number of hydrogen-bond donors (Lipinski definition) is 2. The summed E-state index contributed by atoms with van der Waals surface area (Å²) in [7, 11) is 2.00. The molecule has 0 amide bonds. The van der Waals surface area contributed by atoms with Crippen molar-refractivity contribution in [1.29, 1.82) is 0 Å². The van der Waals surface area contributed by atoms with Crippen molar-refractivity contribution in [3.05, 3.63) is 23.4 Å². The Morgan fingerprint density at radius 1 is 1.53 bits per heavy atom. The van der Waals surface area contributed by atoms with Gasteiger partial charge in [-0.05, 0) is 43.9 Å². The van der Waals surface area contributed by atoms with Crippen LogP contribution in [0.3, 0.4) is 0 Å². The average molecular weight is 205 g/mol. The van der Waals surface area contributed by atoms with E-state index < -0.39 is 0 Å². The van der Waals surface area contributed by atoms with E-state index in [4.69, 9.17) is 5.73 Å². The van der Waals surface area contributed by atoms with Gasteiger partial charge in [-0.25, -0.2) is 4.98 Å². The third-order valence-electron chi connectivity index (χ3n) is 3.42. The van der Waals surface area contributed by atoms with Gasteiger partial charge >= 0.3 is 0 Å². The van der Waals surface area contributed by atoms with Gasteiger partial charge in [0.1, 0.15) is 5.82 Å². The molecule has 0 aliphatic heterocycles. The van der Waals surface area contributed by atoms with E-state index in [1.54, 1.807) is 0 Å². The molecular weight excluding hydrogens is 186 g/mol. The first-order valence-electron chi connectivity index (χ1n) is 5.46. The molecule has 0 spiro atoms. The molecule has 3 nitrogen and oxygen atoms in total. The predicted molar refractivity (Wildman–Crippen MR) is 62.5 cm³/mol. The van der Waals surface area contributed by atoms with E-state index in [2.05, 4.69) is 30.2 Å². The van der Waals surface area contributed by atoms with Gasteiger partial charge in [0.25, 0.3) is 0 Å². The molecule has 1 aromatic rings. The molecular formula is C12H19N3. The van der Waals surface area contributed by atoms with E-state index in [-0.39, 0.29) is 0 Å². The summed E-state index contributed by atoms with van der Waals surface area (Å²) in [6.07, 6.45) is 4.36. The monoisotopic (exact) mass is 205 g/mol. The van der Waals surface area contributed by atoms with Crippen LogP contribution in [-0.2, 0) is 0 Å². The number of nitrogens with one attached hydrogen (secondary N) is 1. The summed E-state index contributed by atoms with van der Waals surface area (Å²) < 4.78 is 0. The summed E-state index contributed by atoms with van der Waals surface area (Å²) in [6, 6.07) is 2.48. The molecule has 1 aliphatic rings. The van der Waals surface area contributed by atoms with E-state index in [1.807, 2.05) is 13.2 Å². The lowest BCUT2D eigenvalue weighted by molar-refractivity contribution is 0.391. The second-order valence-corrected chi connectivity index (χ2v) is 4.86. The summed E-state index contributed by atoms with van der Waals surface area (Å²) in [5.41, 5.74) is 8.63. The molecule has 1 saturated carbocycles. The number of rotatable bonds is 3. The quantitative estimate of drug-likeness (QED) is 0.794. The van der Waals surface area contributed by atoms with Crippen molar-refractivity contribution in [3.8, 4) is 0 Å². The molecule has 3 heteroatoms. The zero-order valence-corrected chi connectivity index (χ0v) is 9.67. The van der Waals surface area contributed by atoms with Crippen molar-refractivity contribution in [2.24, 2.45) is 5.41 Å². The van der Waals surface area contributed by atoms with Crippen LogP contribution in [-0.4, -0.2) is 12.0 Å². The highest BCUT2D eigenvalue weighted by molar-refractivity contribution is 5.44. The number of nitrogen functional groups attached to an aromatic ring is 1. The van der Waals surface area contributed by atoms with Gasteiger partial charge in [-0.3, -0.25) is 0 Å². The molecule has 0 saturated heterocycles. The van der Waals surface area contributed by atoms with Gasteiger partial charge in [0.05, 0.1) is 0 Å². The Labute approximate surface area is 91.1 Å². The van der Waals surface area contributed by atoms with Crippen molar-refractivity contribution >= 4 is 5.82 Å². The van der Waals surface area contributed by atoms with Gasteiger partial charge in [0, 0.05) is 17.8 Å². The van der Waals surface area contributed by atoms with Crippen LogP contribution in [0, 0.1) is 12.3 Å². The average Bonchev–Trinajstić information content (AvgIpc) is 2.92. The third kappa shape index (κ3) is 1.84. The Morgan fingerprint density at radius 3 is 2.73 bits per heavy atom. The van der Waals surface area contributed by atoms with E-state index in [9.17, 15) is 0 Å². The predicted octanol–water partition coefficient (Wildman–Crippen LogP) is 2.03. The van der Waals surface area contributed by atoms with E-state index in [0.29, 0.717) is 17.3 Å². The normalized spacial score (nSPS) is 19.9. The van der Waals surface area contributed by atoms with Crippen LogP contribution in [0.15, 0.2) is 12.3 Å². The van der Waals surface area contributed by atoms with Crippen LogP contribution in [0.1, 0.15) is 36.9 Å². The largest absolute Gasteiger partial charge is 0.383 e. The lowest BCUT2D eigenvalue weighted by atomic mass is 9.91. The molecule has 1 aromatic heterocycles. The number of aryl methyl sites for hydroxylation is 1. The minimum Gasteiger partial charge on any atom is -0.383 e. The van der Waals surface area contributed by atoms with Crippen LogP contribution in [0.2, 0.25) is 0 Å². The molecule has 2 rings (SSSR count). The first kappa shape index (κ1) is 10.4. The Hall–Kier alpha value is -1.09. The fourth-order valence-electron chi connectivity index (χ4n) is 2.20. The first-order valence-corrected chi connectivity index (χ1v) is 5.46. The van der Waals surface area contributed by atoms with Crippen LogP contribution in [0.4, 0.5) is 5.82 Å². The molecule has 1 heterocycles. The number of pyridine rings is 1. The standard InChI is InChI=1S/C12H19N3/c1-8-6-9(11(13)15-7-8)10(14-3)12(2)4-5-12/h6-7,10,14H,4-5H2,1-3H3,(H2,13,15). The fraction of sp³-hybridized carbons (Fsp3) is 0.583. The summed E-state index contributed by atoms with van der Waals surface area (Å²) in [4.78, 5) is 4.23. The fourth-order valence-corrected chi connectivity index (χ4v) is 2.20. The Kier molecular flexibility index (Phi) is 2.43. The number of hydrogen-bond acceptors (Lipinski definition) is 3. The molecule has 1 fully saturated rings. The maximum atomic E-state index is 5.94. The van der Waals surface area contributed by atoms with Crippen LogP contribution in [0.25, 0.3) is 0 Å². The summed E-state index contributed by atoms with van der Waals surface area (Å²) in [5.74, 6) is 0.660. The number of anilines is 1. The smallest absolute Gasteiger partial charge is 0.128 e. The highest BCUT2D eigenvalue weighted by Gasteiger charge is 2.45. The lowest BCUT2D eigenvalue weighted by Crippen LogP contribution is -2.25. The van der Waals surface area contributed by atoms with E-state index in [1.165, 1.54) is 18.4 Å². The zero-order chi connectivity index (χ0) is 11.1.